The van der Waals surface area contributed by atoms with E-state index in [9.17, 15) is 5.11 Å². The highest BCUT2D eigenvalue weighted by molar-refractivity contribution is 7.03. The SMILES string of the molecule is CC[Si](CC)(c1cc(C)cc(C)c1O)c1cccc2c1C=CC2. The normalized spacial score (nSPS) is 13.4. The van der Waals surface area contributed by atoms with Crippen molar-refractivity contribution >= 4 is 24.5 Å². The molecule has 0 aromatic heterocycles. The van der Waals surface area contributed by atoms with Crippen molar-refractivity contribution in [1.29, 1.82) is 0 Å². The van der Waals surface area contributed by atoms with Gasteiger partial charge in [0.05, 0.1) is 0 Å². The summed E-state index contributed by atoms with van der Waals surface area (Å²) < 4.78 is 0. The van der Waals surface area contributed by atoms with Crippen LogP contribution >= 0.6 is 0 Å². The lowest BCUT2D eigenvalue weighted by Gasteiger charge is -2.33. The first-order chi connectivity index (χ1) is 11.0. The molecule has 2 aromatic carbocycles. The lowest BCUT2D eigenvalue weighted by atomic mass is 10.1. The van der Waals surface area contributed by atoms with Gasteiger partial charge in [-0.1, -0.05) is 74.0 Å². The number of hydrogen-bond donors (Lipinski definition) is 1. The topological polar surface area (TPSA) is 20.2 Å². The van der Waals surface area contributed by atoms with Crippen LogP contribution in [0.3, 0.4) is 0 Å². The van der Waals surface area contributed by atoms with Crippen molar-refractivity contribution in [2.75, 3.05) is 0 Å². The van der Waals surface area contributed by atoms with Gasteiger partial charge in [-0.25, -0.2) is 0 Å². The van der Waals surface area contributed by atoms with Crippen LogP contribution in [0, 0.1) is 13.8 Å². The fourth-order valence-corrected chi connectivity index (χ4v) is 8.83. The molecule has 0 aliphatic heterocycles. The zero-order valence-electron chi connectivity index (χ0n) is 14.6. The Kier molecular flexibility index (Phi) is 4.20. The van der Waals surface area contributed by atoms with Gasteiger partial charge in [-0.2, -0.15) is 0 Å². The Hall–Kier alpha value is -1.80. The molecule has 2 aromatic rings. The van der Waals surface area contributed by atoms with Crippen molar-refractivity contribution in [3.8, 4) is 5.75 Å². The van der Waals surface area contributed by atoms with E-state index in [1.807, 2.05) is 6.92 Å². The van der Waals surface area contributed by atoms with E-state index in [2.05, 4.69) is 63.3 Å². The maximum Gasteiger partial charge on any atom is 0.123 e. The van der Waals surface area contributed by atoms with Crippen molar-refractivity contribution in [2.45, 2.75) is 46.2 Å². The average Bonchev–Trinajstić information content (AvgIpc) is 3.02. The van der Waals surface area contributed by atoms with Crippen LogP contribution in [-0.4, -0.2) is 13.2 Å². The van der Waals surface area contributed by atoms with Crippen LogP contribution in [0.2, 0.25) is 12.1 Å². The Morgan fingerprint density at radius 1 is 1.04 bits per heavy atom. The Morgan fingerprint density at radius 2 is 1.78 bits per heavy atom. The van der Waals surface area contributed by atoms with Crippen molar-refractivity contribution in [3.05, 3.63) is 58.7 Å². The summed E-state index contributed by atoms with van der Waals surface area (Å²) in [6, 6.07) is 13.3. The Bertz CT molecular complexity index is 770. The summed E-state index contributed by atoms with van der Waals surface area (Å²) in [6.07, 6.45) is 5.59. The number of hydrogen-bond acceptors (Lipinski definition) is 1. The van der Waals surface area contributed by atoms with Crippen molar-refractivity contribution in [1.82, 2.24) is 0 Å². The minimum atomic E-state index is -1.96. The molecule has 0 fully saturated rings. The van der Waals surface area contributed by atoms with E-state index in [0.717, 1.165) is 24.1 Å². The molecule has 0 spiro atoms. The smallest absolute Gasteiger partial charge is 0.123 e. The van der Waals surface area contributed by atoms with E-state index in [4.69, 9.17) is 0 Å². The summed E-state index contributed by atoms with van der Waals surface area (Å²) in [5.74, 6) is 0.519. The molecule has 0 saturated carbocycles. The molecule has 0 radical (unpaired) electrons. The van der Waals surface area contributed by atoms with Gasteiger partial charge in [-0.05, 0) is 47.3 Å². The van der Waals surface area contributed by atoms with Gasteiger partial charge >= 0.3 is 0 Å². The third-order valence-electron chi connectivity index (χ3n) is 5.50. The number of benzene rings is 2. The molecule has 1 aliphatic rings. The van der Waals surface area contributed by atoms with Crippen LogP contribution in [0.25, 0.3) is 6.08 Å². The number of phenols is 1. The molecule has 1 N–H and O–H groups in total. The van der Waals surface area contributed by atoms with E-state index in [1.165, 1.54) is 27.1 Å². The van der Waals surface area contributed by atoms with Crippen LogP contribution in [0.15, 0.2) is 36.4 Å². The predicted molar refractivity (Wildman–Crippen MR) is 103 cm³/mol. The lowest BCUT2D eigenvalue weighted by Crippen LogP contribution is -2.58. The molecular weight excluding hydrogens is 296 g/mol. The van der Waals surface area contributed by atoms with Gasteiger partial charge in [0.25, 0.3) is 0 Å². The van der Waals surface area contributed by atoms with Crippen LogP contribution in [0.4, 0.5) is 0 Å². The summed E-state index contributed by atoms with van der Waals surface area (Å²) in [5, 5.41) is 13.6. The molecule has 1 nitrogen and oxygen atoms in total. The minimum Gasteiger partial charge on any atom is -0.508 e. The van der Waals surface area contributed by atoms with E-state index in [1.54, 1.807) is 0 Å². The highest BCUT2D eigenvalue weighted by Crippen LogP contribution is 2.28. The summed E-state index contributed by atoms with van der Waals surface area (Å²) in [4.78, 5) is 0. The fourth-order valence-electron chi connectivity index (χ4n) is 4.19. The predicted octanol–water partition coefficient (Wildman–Crippen LogP) is 4.18. The third kappa shape index (κ3) is 2.45. The summed E-state index contributed by atoms with van der Waals surface area (Å²) in [5.41, 5.74) is 5.10. The van der Waals surface area contributed by atoms with Crippen molar-refractivity contribution in [2.24, 2.45) is 0 Å². The minimum absolute atomic E-state index is 0.519. The monoisotopic (exact) mass is 322 g/mol. The first-order valence-corrected chi connectivity index (χ1v) is 11.0. The zero-order valence-corrected chi connectivity index (χ0v) is 15.6. The van der Waals surface area contributed by atoms with Gasteiger partial charge in [-0.3, -0.25) is 0 Å². The summed E-state index contributed by atoms with van der Waals surface area (Å²) in [7, 11) is -1.96. The summed E-state index contributed by atoms with van der Waals surface area (Å²) >= 11 is 0. The Balaban J connectivity index is 2.31. The highest BCUT2D eigenvalue weighted by atomic mass is 28.3. The number of fused-ring (bicyclic) bond motifs is 1. The second-order valence-corrected chi connectivity index (χ2v) is 11.4. The number of aromatic hydroxyl groups is 1. The second kappa shape index (κ2) is 6.01. The molecule has 23 heavy (non-hydrogen) atoms. The second-order valence-electron chi connectivity index (χ2n) is 6.75. The Morgan fingerprint density at radius 3 is 2.48 bits per heavy atom. The van der Waals surface area contributed by atoms with E-state index >= 15 is 0 Å². The Labute approximate surface area is 140 Å². The molecule has 2 heteroatoms. The van der Waals surface area contributed by atoms with E-state index in [0.29, 0.717) is 5.75 Å². The lowest BCUT2D eigenvalue weighted by molar-refractivity contribution is 0.475. The molecule has 120 valence electrons. The van der Waals surface area contributed by atoms with Gasteiger partial charge in [0.2, 0.25) is 0 Å². The molecule has 0 atom stereocenters. The quantitative estimate of drug-likeness (QED) is 0.837. The molecule has 3 rings (SSSR count). The van der Waals surface area contributed by atoms with Gasteiger partial charge in [-0.15, -0.1) is 0 Å². The van der Waals surface area contributed by atoms with Crippen LogP contribution in [0.5, 0.6) is 5.75 Å². The van der Waals surface area contributed by atoms with Crippen molar-refractivity contribution in [3.63, 3.8) is 0 Å². The summed E-state index contributed by atoms with van der Waals surface area (Å²) in [6.45, 7) is 8.75. The molecule has 0 unspecified atom stereocenters. The fraction of sp³-hybridized carbons (Fsp3) is 0.333. The van der Waals surface area contributed by atoms with Crippen LogP contribution in [-0.2, 0) is 6.42 Å². The van der Waals surface area contributed by atoms with E-state index in [-0.39, 0.29) is 0 Å². The maximum absolute atomic E-state index is 10.8. The molecule has 0 bridgehead atoms. The first-order valence-electron chi connectivity index (χ1n) is 8.63. The molecular formula is C21H26OSi. The van der Waals surface area contributed by atoms with Crippen LogP contribution < -0.4 is 10.4 Å². The van der Waals surface area contributed by atoms with E-state index < -0.39 is 8.07 Å². The molecule has 0 saturated heterocycles. The van der Waals surface area contributed by atoms with Gasteiger partial charge in [0, 0.05) is 0 Å². The maximum atomic E-state index is 10.8. The number of allylic oxidation sites excluding steroid dienone is 1. The van der Waals surface area contributed by atoms with Gasteiger partial charge < -0.3 is 5.11 Å². The molecule has 0 amide bonds. The number of aryl methyl sites for hydroxylation is 2. The molecule has 0 heterocycles. The zero-order chi connectivity index (χ0) is 16.6. The van der Waals surface area contributed by atoms with Gasteiger partial charge in [0.1, 0.15) is 13.8 Å². The largest absolute Gasteiger partial charge is 0.508 e. The first kappa shape index (κ1) is 16.1. The number of phenolic OH excluding ortho intramolecular Hbond substituents is 1. The van der Waals surface area contributed by atoms with Gasteiger partial charge in [0.15, 0.2) is 0 Å². The average molecular weight is 323 g/mol. The highest BCUT2D eigenvalue weighted by Gasteiger charge is 2.38. The van der Waals surface area contributed by atoms with Crippen molar-refractivity contribution < 1.29 is 5.11 Å². The number of rotatable bonds is 4. The standard InChI is InChI=1S/C21H26OSi/c1-5-23(6-2,20-14-15(3)13-16(4)21(20)22)19-12-8-10-17-9-7-11-18(17)19/h7-8,10-14,22H,5-6,9H2,1-4H3. The molecule has 1 aliphatic carbocycles. The third-order valence-corrected chi connectivity index (χ3v) is 10.8. The van der Waals surface area contributed by atoms with Crippen LogP contribution in [0.1, 0.15) is 36.1 Å².